The van der Waals surface area contributed by atoms with Crippen molar-refractivity contribution in [3.63, 3.8) is 0 Å². The van der Waals surface area contributed by atoms with E-state index in [9.17, 15) is 4.79 Å². The molecule has 0 atom stereocenters. The molecule has 0 aliphatic carbocycles. The van der Waals surface area contributed by atoms with Crippen LogP contribution < -0.4 is 15.5 Å². The summed E-state index contributed by atoms with van der Waals surface area (Å²) in [5, 5.41) is 8.16. The van der Waals surface area contributed by atoms with Gasteiger partial charge in [0, 0.05) is 60.4 Å². The topological polar surface area (TPSA) is 90.7 Å². The van der Waals surface area contributed by atoms with Crippen LogP contribution in [-0.2, 0) is 11.2 Å². The molecule has 46 heavy (non-hydrogen) atoms. The average molecular weight is 633 g/mol. The van der Waals surface area contributed by atoms with Gasteiger partial charge in [0.05, 0.1) is 29.2 Å². The van der Waals surface area contributed by atoms with E-state index in [2.05, 4.69) is 32.3 Å². The number of hydrogen-bond donors (Lipinski definition) is 2. The van der Waals surface area contributed by atoms with Crippen molar-refractivity contribution in [2.75, 3.05) is 48.3 Å². The van der Waals surface area contributed by atoms with Crippen molar-refractivity contribution in [1.29, 1.82) is 0 Å². The summed E-state index contributed by atoms with van der Waals surface area (Å²) < 4.78 is 17.2. The van der Waals surface area contributed by atoms with Crippen LogP contribution in [0.4, 0.5) is 27.4 Å². The SMILES string of the molecule is CCN1CCN(c2ccc(Nc3nccc(-c4c(-c5cccc(NC(=O)Cc6cccs6)c5)nc5ccccn45)n3)cc2F)CC1. The van der Waals surface area contributed by atoms with Crippen LogP contribution >= 0.6 is 11.3 Å². The van der Waals surface area contributed by atoms with E-state index in [1.165, 1.54) is 6.07 Å². The molecule has 0 saturated carbocycles. The summed E-state index contributed by atoms with van der Waals surface area (Å²) in [6, 6.07) is 24.4. The second kappa shape index (κ2) is 13.1. The molecule has 6 aromatic rings. The number of nitrogens with zero attached hydrogens (tertiary/aromatic N) is 6. The Kier molecular flexibility index (Phi) is 8.41. The molecule has 4 aromatic heterocycles. The van der Waals surface area contributed by atoms with E-state index in [1.807, 2.05) is 88.8 Å². The molecular formula is C35H33FN8OS. The molecule has 1 aliphatic heterocycles. The van der Waals surface area contributed by atoms with Gasteiger partial charge in [-0.05, 0) is 66.5 Å². The van der Waals surface area contributed by atoms with Gasteiger partial charge in [0.2, 0.25) is 11.9 Å². The van der Waals surface area contributed by atoms with Crippen molar-refractivity contribution < 1.29 is 9.18 Å². The molecule has 232 valence electrons. The third-order valence-electron chi connectivity index (χ3n) is 8.13. The normalized spacial score (nSPS) is 13.7. The van der Waals surface area contributed by atoms with Gasteiger partial charge < -0.3 is 20.4 Å². The van der Waals surface area contributed by atoms with Gasteiger partial charge in [-0.3, -0.25) is 9.20 Å². The first-order valence-electron chi connectivity index (χ1n) is 15.3. The summed E-state index contributed by atoms with van der Waals surface area (Å²) in [6.45, 7) is 6.61. The summed E-state index contributed by atoms with van der Waals surface area (Å²) in [6.07, 6.45) is 3.94. The predicted molar refractivity (Wildman–Crippen MR) is 182 cm³/mol. The maximum Gasteiger partial charge on any atom is 0.229 e. The van der Waals surface area contributed by atoms with Crippen LogP contribution in [0.25, 0.3) is 28.3 Å². The second-order valence-electron chi connectivity index (χ2n) is 11.1. The molecule has 0 unspecified atom stereocenters. The van der Waals surface area contributed by atoms with Crippen LogP contribution in [0, 0.1) is 5.82 Å². The van der Waals surface area contributed by atoms with Crippen molar-refractivity contribution in [3.05, 3.63) is 107 Å². The summed E-state index contributed by atoms with van der Waals surface area (Å²) in [5.74, 6) is -0.0185. The van der Waals surface area contributed by atoms with Gasteiger partial charge in [0.25, 0.3) is 0 Å². The molecule has 1 fully saturated rings. The van der Waals surface area contributed by atoms with Crippen LogP contribution in [0.2, 0.25) is 0 Å². The molecule has 1 aliphatic rings. The predicted octanol–water partition coefficient (Wildman–Crippen LogP) is 6.73. The Balaban J connectivity index is 1.16. The lowest BCUT2D eigenvalue weighted by Gasteiger charge is -2.35. The number of nitrogens with one attached hydrogen (secondary N) is 2. The zero-order valence-electron chi connectivity index (χ0n) is 25.4. The van der Waals surface area contributed by atoms with Crippen molar-refractivity contribution in [2.24, 2.45) is 0 Å². The van der Waals surface area contributed by atoms with Crippen LogP contribution in [0.1, 0.15) is 11.8 Å². The first-order valence-corrected chi connectivity index (χ1v) is 16.2. The molecule has 7 rings (SSSR count). The first-order chi connectivity index (χ1) is 22.5. The highest BCUT2D eigenvalue weighted by Crippen LogP contribution is 2.34. The molecule has 2 aromatic carbocycles. The van der Waals surface area contributed by atoms with Crippen molar-refractivity contribution >= 4 is 45.9 Å². The number of piperazine rings is 1. The molecular weight excluding hydrogens is 600 g/mol. The number of imidazole rings is 1. The van der Waals surface area contributed by atoms with Crippen molar-refractivity contribution in [2.45, 2.75) is 13.3 Å². The number of carbonyl (C=O) groups is 1. The second-order valence-corrected chi connectivity index (χ2v) is 12.1. The van der Waals surface area contributed by atoms with E-state index in [-0.39, 0.29) is 11.7 Å². The molecule has 0 radical (unpaired) electrons. The number of hydrogen-bond acceptors (Lipinski definition) is 8. The zero-order valence-corrected chi connectivity index (χ0v) is 26.2. The molecule has 1 amide bonds. The summed E-state index contributed by atoms with van der Waals surface area (Å²) in [4.78, 5) is 32.4. The lowest BCUT2D eigenvalue weighted by Crippen LogP contribution is -2.46. The van der Waals surface area contributed by atoms with E-state index in [1.54, 1.807) is 17.5 Å². The molecule has 0 spiro atoms. The highest BCUT2D eigenvalue weighted by atomic mass is 32.1. The Hall–Kier alpha value is -5.13. The number of fused-ring (bicyclic) bond motifs is 1. The zero-order chi connectivity index (χ0) is 31.5. The Labute approximate surface area is 270 Å². The number of benzene rings is 2. The molecule has 9 nitrogen and oxygen atoms in total. The van der Waals surface area contributed by atoms with E-state index in [4.69, 9.17) is 9.97 Å². The van der Waals surface area contributed by atoms with Gasteiger partial charge in [-0.15, -0.1) is 11.3 Å². The van der Waals surface area contributed by atoms with E-state index in [0.29, 0.717) is 40.8 Å². The highest BCUT2D eigenvalue weighted by Gasteiger charge is 2.20. The summed E-state index contributed by atoms with van der Waals surface area (Å²) in [5.41, 5.74) is 5.57. The van der Waals surface area contributed by atoms with Crippen molar-refractivity contribution in [3.8, 4) is 22.6 Å². The minimum atomic E-state index is -0.280. The minimum Gasteiger partial charge on any atom is -0.367 e. The van der Waals surface area contributed by atoms with Gasteiger partial charge in [0.15, 0.2) is 0 Å². The lowest BCUT2D eigenvalue weighted by molar-refractivity contribution is -0.115. The van der Waals surface area contributed by atoms with Gasteiger partial charge in [-0.2, -0.15) is 0 Å². The average Bonchev–Trinajstić information content (AvgIpc) is 3.73. The van der Waals surface area contributed by atoms with Gasteiger partial charge in [0.1, 0.15) is 11.5 Å². The molecule has 5 heterocycles. The maximum atomic E-state index is 15.3. The smallest absolute Gasteiger partial charge is 0.229 e. The number of aromatic nitrogens is 4. The van der Waals surface area contributed by atoms with E-state index < -0.39 is 0 Å². The minimum absolute atomic E-state index is 0.0788. The van der Waals surface area contributed by atoms with E-state index in [0.717, 1.165) is 54.5 Å². The summed E-state index contributed by atoms with van der Waals surface area (Å²) in [7, 11) is 0. The lowest BCUT2D eigenvalue weighted by atomic mass is 10.1. The maximum absolute atomic E-state index is 15.3. The first kappa shape index (κ1) is 29.6. The number of rotatable bonds is 9. The number of amides is 1. The Morgan fingerprint density at radius 2 is 1.83 bits per heavy atom. The largest absolute Gasteiger partial charge is 0.367 e. The highest BCUT2D eigenvalue weighted by molar-refractivity contribution is 7.10. The number of likely N-dealkylation sites (N-methyl/N-ethyl adjacent to an activating group) is 1. The quantitative estimate of drug-likeness (QED) is 0.183. The number of anilines is 4. The number of halogens is 1. The molecule has 1 saturated heterocycles. The van der Waals surface area contributed by atoms with Crippen LogP contribution in [0.5, 0.6) is 0 Å². The fraction of sp³-hybridized carbons (Fsp3) is 0.200. The number of pyridine rings is 1. The molecule has 2 N–H and O–H groups in total. The molecule has 0 bridgehead atoms. The Bertz CT molecular complexity index is 1980. The fourth-order valence-electron chi connectivity index (χ4n) is 5.79. The van der Waals surface area contributed by atoms with E-state index >= 15 is 4.39 Å². The third-order valence-corrected chi connectivity index (χ3v) is 9.00. The Morgan fingerprint density at radius 1 is 0.935 bits per heavy atom. The van der Waals surface area contributed by atoms with Gasteiger partial charge in [-0.1, -0.05) is 31.2 Å². The Morgan fingerprint density at radius 3 is 2.63 bits per heavy atom. The fourth-order valence-corrected chi connectivity index (χ4v) is 6.49. The monoisotopic (exact) mass is 632 g/mol. The van der Waals surface area contributed by atoms with Crippen molar-refractivity contribution in [1.82, 2.24) is 24.3 Å². The van der Waals surface area contributed by atoms with Crippen LogP contribution in [0.15, 0.2) is 96.6 Å². The van der Waals surface area contributed by atoms with Gasteiger partial charge >= 0.3 is 0 Å². The standard InChI is InChI=1S/C35H33FN8OS/c1-2-42-16-18-43(19-17-42)30-12-11-26(22-28(30)36)39-35-37-14-13-29(40-35)34-33(41-31-10-3-4-15-44(31)34)24-7-5-8-25(21-24)38-32(45)23-27-9-6-20-46-27/h3-15,20-22H,2,16-19,23H2,1H3,(H,38,45)(H,37,39,40). The van der Waals surface area contributed by atoms with Crippen LogP contribution in [0.3, 0.4) is 0 Å². The van der Waals surface area contributed by atoms with Gasteiger partial charge in [-0.25, -0.2) is 19.3 Å². The number of carbonyl (C=O) groups excluding carboxylic acids is 1. The number of thiophene rings is 1. The third kappa shape index (κ3) is 6.33. The summed E-state index contributed by atoms with van der Waals surface area (Å²) >= 11 is 1.56. The van der Waals surface area contributed by atoms with Crippen LogP contribution in [-0.4, -0.2) is 62.9 Å². The molecule has 11 heteroatoms.